The molecular formula is C16H10F3N3O2. The summed E-state index contributed by atoms with van der Waals surface area (Å²) in [6, 6.07) is 11.0. The number of amides is 1. The summed E-state index contributed by atoms with van der Waals surface area (Å²) in [5.74, 6) is -0.838. The maximum absolute atomic E-state index is 13.1. The highest BCUT2D eigenvalue weighted by atomic mass is 19.4. The molecule has 0 spiro atoms. The van der Waals surface area contributed by atoms with Gasteiger partial charge in [-0.2, -0.15) is 18.2 Å². The van der Waals surface area contributed by atoms with Gasteiger partial charge in [0.2, 0.25) is 11.7 Å². The molecule has 0 aliphatic heterocycles. The van der Waals surface area contributed by atoms with E-state index < -0.39 is 17.6 Å². The number of rotatable bonds is 3. The van der Waals surface area contributed by atoms with Gasteiger partial charge in [0.05, 0.1) is 11.1 Å². The van der Waals surface area contributed by atoms with Gasteiger partial charge in [-0.25, -0.2) is 0 Å². The average Bonchev–Trinajstić information content (AvgIpc) is 3.04. The van der Waals surface area contributed by atoms with E-state index in [0.29, 0.717) is 5.56 Å². The van der Waals surface area contributed by atoms with Crippen LogP contribution in [0.3, 0.4) is 0 Å². The quantitative estimate of drug-likeness (QED) is 0.795. The van der Waals surface area contributed by atoms with Crippen LogP contribution in [0.4, 0.5) is 13.2 Å². The first kappa shape index (κ1) is 15.7. The van der Waals surface area contributed by atoms with E-state index in [2.05, 4.69) is 10.1 Å². The molecule has 0 fully saturated rings. The number of hydrogen-bond acceptors (Lipinski definition) is 4. The van der Waals surface area contributed by atoms with E-state index in [-0.39, 0.29) is 22.8 Å². The van der Waals surface area contributed by atoms with Crippen molar-refractivity contribution in [3.05, 3.63) is 59.7 Å². The molecule has 0 saturated heterocycles. The van der Waals surface area contributed by atoms with Crippen molar-refractivity contribution < 1.29 is 22.5 Å². The van der Waals surface area contributed by atoms with Crippen molar-refractivity contribution in [1.29, 1.82) is 0 Å². The van der Waals surface area contributed by atoms with E-state index in [4.69, 9.17) is 10.3 Å². The smallest absolute Gasteiger partial charge is 0.366 e. The summed E-state index contributed by atoms with van der Waals surface area (Å²) >= 11 is 0. The maximum Gasteiger partial charge on any atom is 0.417 e. The molecular weight excluding hydrogens is 323 g/mol. The molecule has 1 heterocycles. The van der Waals surface area contributed by atoms with E-state index in [9.17, 15) is 18.0 Å². The highest BCUT2D eigenvalue weighted by Gasteiger charge is 2.34. The SMILES string of the molecule is NC(=O)c1cccc(-c2noc(-c3ccccc3C(F)(F)F)n2)c1. The predicted molar refractivity (Wildman–Crippen MR) is 78.7 cm³/mol. The number of halogens is 3. The Balaban J connectivity index is 2.04. The van der Waals surface area contributed by atoms with Crippen LogP contribution in [0.1, 0.15) is 15.9 Å². The maximum atomic E-state index is 13.1. The van der Waals surface area contributed by atoms with Crippen molar-refractivity contribution in [1.82, 2.24) is 10.1 Å². The molecule has 0 atom stereocenters. The third-order valence-electron chi connectivity index (χ3n) is 3.29. The van der Waals surface area contributed by atoms with E-state index in [0.717, 1.165) is 6.07 Å². The fourth-order valence-electron chi connectivity index (χ4n) is 2.18. The molecule has 0 saturated carbocycles. The lowest BCUT2D eigenvalue weighted by molar-refractivity contribution is -0.137. The number of nitrogens with two attached hydrogens (primary N) is 1. The summed E-state index contributed by atoms with van der Waals surface area (Å²) in [5, 5.41) is 3.68. The highest BCUT2D eigenvalue weighted by molar-refractivity contribution is 5.93. The van der Waals surface area contributed by atoms with Crippen LogP contribution >= 0.6 is 0 Å². The third kappa shape index (κ3) is 2.98. The first-order valence-corrected chi connectivity index (χ1v) is 6.77. The lowest BCUT2D eigenvalue weighted by Crippen LogP contribution is -2.10. The number of hydrogen-bond donors (Lipinski definition) is 1. The largest absolute Gasteiger partial charge is 0.417 e. The van der Waals surface area contributed by atoms with Gasteiger partial charge in [0.25, 0.3) is 5.89 Å². The summed E-state index contributed by atoms with van der Waals surface area (Å²) in [4.78, 5) is 15.2. The topological polar surface area (TPSA) is 82.0 Å². The molecule has 3 rings (SSSR count). The predicted octanol–water partition coefficient (Wildman–Crippen LogP) is 3.52. The molecule has 8 heteroatoms. The van der Waals surface area contributed by atoms with E-state index in [1.54, 1.807) is 12.1 Å². The Hall–Kier alpha value is -3.16. The van der Waals surface area contributed by atoms with Gasteiger partial charge in [0.1, 0.15) is 0 Å². The lowest BCUT2D eigenvalue weighted by atomic mass is 10.1. The zero-order valence-corrected chi connectivity index (χ0v) is 12.0. The first-order chi connectivity index (χ1) is 11.4. The molecule has 0 radical (unpaired) electrons. The van der Waals surface area contributed by atoms with Crippen molar-refractivity contribution in [3.8, 4) is 22.8 Å². The Morgan fingerprint density at radius 3 is 2.54 bits per heavy atom. The summed E-state index contributed by atoms with van der Waals surface area (Å²) in [6.45, 7) is 0. The molecule has 0 aliphatic carbocycles. The number of alkyl halides is 3. The second kappa shape index (κ2) is 5.80. The minimum atomic E-state index is -4.54. The molecule has 2 aromatic carbocycles. The Morgan fingerprint density at radius 1 is 1.08 bits per heavy atom. The first-order valence-electron chi connectivity index (χ1n) is 6.77. The number of carbonyl (C=O) groups excluding carboxylic acids is 1. The van der Waals surface area contributed by atoms with E-state index in [1.165, 1.54) is 30.3 Å². The van der Waals surface area contributed by atoms with Crippen LogP contribution < -0.4 is 5.73 Å². The number of primary amides is 1. The van der Waals surface area contributed by atoms with E-state index in [1.807, 2.05) is 0 Å². The van der Waals surface area contributed by atoms with Crippen LogP contribution in [0.2, 0.25) is 0 Å². The fraction of sp³-hybridized carbons (Fsp3) is 0.0625. The molecule has 0 unspecified atom stereocenters. The van der Waals surface area contributed by atoms with Gasteiger partial charge in [0, 0.05) is 11.1 Å². The normalized spacial score (nSPS) is 11.5. The zero-order valence-electron chi connectivity index (χ0n) is 12.0. The summed E-state index contributed by atoms with van der Waals surface area (Å²) in [5.41, 5.74) is 4.75. The molecule has 3 aromatic rings. The van der Waals surface area contributed by atoms with Gasteiger partial charge in [0.15, 0.2) is 0 Å². The number of aromatic nitrogens is 2. The minimum absolute atomic E-state index is 0.0603. The summed E-state index contributed by atoms with van der Waals surface area (Å²) in [6.07, 6.45) is -4.54. The van der Waals surface area contributed by atoms with Crippen molar-refractivity contribution in [2.45, 2.75) is 6.18 Å². The molecule has 0 bridgehead atoms. The lowest BCUT2D eigenvalue weighted by Gasteiger charge is -2.09. The minimum Gasteiger partial charge on any atom is -0.366 e. The summed E-state index contributed by atoms with van der Waals surface area (Å²) < 4.78 is 44.2. The van der Waals surface area contributed by atoms with Gasteiger partial charge in [-0.05, 0) is 24.3 Å². The van der Waals surface area contributed by atoms with Crippen LogP contribution in [0, 0.1) is 0 Å². The highest BCUT2D eigenvalue weighted by Crippen LogP contribution is 2.36. The molecule has 122 valence electrons. The Bertz CT molecular complexity index is 903. The summed E-state index contributed by atoms with van der Waals surface area (Å²) in [7, 11) is 0. The third-order valence-corrected chi connectivity index (χ3v) is 3.29. The van der Waals surface area contributed by atoms with Crippen LogP contribution in [0.15, 0.2) is 53.1 Å². The van der Waals surface area contributed by atoms with Gasteiger partial charge in [-0.3, -0.25) is 4.79 Å². The van der Waals surface area contributed by atoms with Crippen LogP contribution in [0.5, 0.6) is 0 Å². The monoisotopic (exact) mass is 333 g/mol. The number of carbonyl (C=O) groups is 1. The Morgan fingerprint density at radius 2 is 1.83 bits per heavy atom. The molecule has 1 amide bonds. The van der Waals surface area contributed by atoms with Gasteiger partial charge < -0.3 is 10.3 Å². The molecule has 0 aliphatic rings. The number of nitrogens with zero attached hydrogens (tertiary/aromatic N) is 2. The van der Waals surface area contributed by atoms with Gasteiger partial charge in [-0.1, -0.05) is 29.4 Å². The van der Waals surface area contributed by atoms with Crippen molar-refractivity contribution in [3.63, 3.8) is 0 Å². The standard InChI is InChI=1S/C16H10F3N3O2/c17-16(18,19)12-7-2-1-6-11(12)15-21-14(22-24-15)10-5-3-4-9(8-10)13(20)23/h1-8H,(H2,20,23). The second-order valence-electron chi connectivity index (χ2n) is 4.91. The van der Waals surface area contributed by atoms with Crippen LogP contribution in [-0.2, 0) is 6.18 Å². The molecule has 24 heavy (non-hydrogen) atoms. The Labute approximate surface area is 133 Å². The van der Waals surface area contributed by atoms with Crippen molar-refractivity contribution in [2.75, 3.05) is 0 Å². The van der Waals surface area contributed by atoms with Crippen LogP contribution in [0.25, 0.3) is 22.8 Å². The fourth-order valence-corrected chi connectivity index (χ4v) is 2.18. The van der Waals surface area contributed by atoms with Gasteiger partial charge in [-0.15, -0.1) is 0 Å². The molecule has 2 N–H and O–H groups in total. The van der Waals surface area contributed by atoms with E-state index >= 15 is 0 Å². The van der Waals surface area contributed by atoms with Gasteiger partial charge >= 0.3 is 6.18 Å². The average molecular weight is 333 g/mol. The second-order valence-corrected chi connectivity index (χ2v) is 4.91. The molecule has 5 nitrogen and oxygen atoms in total. The van der Waals surface area contributed by atoms with Crippen molar-refractivity contribution >= 4 is 5.91 Å². The number of benzene rings is 2. The van der Waals surface area contributed by atoms with Crippen LogP contribution in [-0.4, -0.2) is 16.0 Å². The Kier molecular flexibility index (Phi) is 3.80. The molecule has 1 aromatic heterocycles. The zero-order chi connectivity index (χ0) is 17.3. The van der Waals surface area contributed by atoms with Crippen molar-refractivity contribution in [2.24, 2.45) is 5.73 Å².